The highest BCUT2D eigenvalue weighted by Crippen LogP contribution is 2.29. The molecule has 0 unspecified atom stereocenters. The highest BCUT2D eigenvalue weighted by Gasteiger charge is 2.28. The quantitative estimate of drug-likeness (QED) is 0.481. The van der Waals surface area contributed by atoms with Gasteiger partial charge in [0.1, 0.15) is 0 Å². The average Bonchev–Trinajstić information content (AvgIpc) is 2.00. The van der Waals surface area contributed by atoms with Gasteiger partial charge in [0, 0.05) is 0 Å². The molecule has 0 aromatic heterocycles. The van der Waals surface area contributed by atoms with Crippen molar-refractivity contribution in [2.24, 2.45) is 5.92 Å². The summed E-state index contributed by atoms with van der Waals surface area (Å²) in [5.74, 6) is 0.851. The summed E-state index contributed by atoms with van der Waals surface area (Å²) < 4.78 is 5.60. The molecule has 2 heteroatoms. The summed E-state index contributed by atoms with van der Waals surface area (Å²) >= 11 is 0. The zero-order chi connectivity index (χ0) is 8.81. The standard InChI is InChI=1S/C10H19NO/c1-3-4-5-12-10-6-9(7-10)8-11-2/h3,9-11H,1,4-8H2,2H3. The van der Waals surface area contributed by atoms with Crippen LogP contribution in [0.4, 0.5) is 0 Å². The molecule has 1 aliphatic rings. The Balaban J connectivity index is 1.91. The smallest absolute Gasteiger partial charge is 0.0581 e. The molecule has 2 nitrogen and oxygen atoms in total. The minimum Gasteiger partial charge on any atom is -0.378 e. The largest absolute Gasteiger partial charge is 0.378 e. The first-order chi connectivity index (χ1) is 5.86. The number of rotatable bonds is 6. The van der Waals surface area contributed by atoms with Crippen molar-refractivity contribution in [3.63, 3.8) is 0 Å². The van der Waals surface area contributed by atoms with Gasteiger partial charge in [-0.2, -0.15) is 0 Å². The number of hydrogen-bond donors (Lipinski definition) is 1. The fraction of sp³-hybridized carbons (Fsp3) is 0.800. The summed E-state index contributed by atoms with van der Waals surface area (Å²) in [6.45, 7) is 5.64. The average molecular weight is 169 g/mol. The molecule has 0 spiro atoms. The Morgan fingerprint density at radius 3 is 2.92 bits per heavy atom. The van der Waals surface area contributed by atoms with E-state index in [1.54, 1.807) is 0 Å². The van der Waals surface area contributed by atoms with Gasteiger partial charge in [-0.05, 0) is 38.8 Å². The molecule has 1 aliphatic carbocycles. The van der Waals surface area contributed by atoms with E-state index in [1.807, 2.05) is 13.1 Å². The fourth-order valence-corrected chi connectivity index (χ4v) is 1.58. The molecule has 1 saturated carbocycles. The summed E-state index contributed by atoms with van der Waals surface area (Å²) in [7, 11) is 2.01. The highest BCUT2D eigenvalue weighted by atomic mass is 16.5. The van der Waals surface area contributed by atoms with Crippen LogP contribution in [0.2, 0.25) is 0 Å². The first-order valence-corrected chi connectivity index (χ1v) is 4.74. The Morgan fingerprint density at radius 1 is 1.58 bits per heavy atom. The van der Waals surface area contributed by atoms with Crippen molar-refractivity contribution in [3.8, 4) is 0 Å². The van der Waals surface area contributed by atoms with Gasteiger partial charge in [0.15, 0.2) is 0 Å². The van der Waals surface area contributed by atoms with Gasteiger partial charge in [0.2, 0.25) is 0 Å². The zero-order valence-electron chi connectivity index (χ0n) is 7.88. The second kappa shape index (κ2) is 5.33. The lowest BCUT2D eigenvalue weighted by Gasteiger charge is -2.34. The third kappa shape index (κ3) is 2.95. The van der Waals surface area contributed by atoms with Gasteiger partial charge in [0.25, 0.3) is 0 Å². The van der Waals surface area contributed by atoms with Crippen LogP contribution in [0.3, 0.4) is 0 Å². The lowest BCUT2D eigenvalue weighted by Crippen LogP contribution is -2.37. The molecule has 0 atom stereocenters. The maximum absolute atomic E-state index is 5.60. The van der Waals surface area contributed by atoms with Gasteiger partial charge >= 0.3 is 0 Å². The maximum atomic E-state index is 5.60. The van der Waals surface area contributed by atoms with E-state index in [1.165, 1.54) is 12.8 Å². The normalized spacial score (nSPS) is 28.1. The molecule has 0 amide bonds. The predicted molar refractivity (Wildman–Crippen MR) is 51.2 cm³/mol. The molecule has 0 aliphatic heterocycles. The summed E-state index contributed by atoms with van der Waals surface area (Å²) in [6.07, 6.45) is 5.88. The van der Waals surface area contributed by atoms with Crippen LogP contribution in [-0.4, -0.2) is 26.3 Å². The molecule has 1 fully saturated rings. The number of ether oxygens (including phenoxy) is 1. The molecule has 12 heavy (non-hydrogen) atoms. The van der Waals surface area contributed by atoms with Crippen LogP contribution in [0.15, 0.2) is 12.7 Å². The van der Waals surface area contributed by atoms with Crippen molar-refractivity contribution < 1.29 is 4.74 Å². The Bertz CT molecular complexity index is 130. The van der Waals surface area contributed by atoms with Crippen molar-refractivity contribution in [1.29, 1.82) is 0 Å². The number of hydrogen-bond acceptors (Lipinski definition) is 2. The highest BCUT2D eigenvalue weighted by molar-refractivity contribution is 4.81. The molecule has 0 bridgehead atoms. The fourth-order valence-electron chi connectivity index (χ4n) is 1.58. The van der Waals surface area contributed by atoms with Crippen molar-refractivity contribution in [2.45, 2.75) is 25.4 Å². The van der Waals surface area contributed by atoms with Crippen LogP contribution in [0, 0.1) is 5.92 Å². The second-order valence-electron chi connectivity index (χ2n) is 3.47. The first kappa shape index (κ1) is 9.75. The minimum absolute atomic E-state index is 0.531. The monoisotopic (exact) mass is 169 g/mol. The third-order valence-corrected chi connectivity index (χ3v) is 2.36. The van der Waals surface area contributed by atoms with Gasteiger partial charge < -0.3 is 10.1 Å². The molecule has 0 radical (unpaired) electrons. The van der Waals surface area contributed by atoms with E-state index >= 15 is 0 Å². The molecule has 1 N–H and O–H groups in total. The second-order valence-corrected chi connectivity index (χ2v) is 3.47. The Labute approximate surface area is 75.0 Å². The van der Waals surface area contributed by atoms with Crippen LogP contribution in [0.1, 0.15) is 19.3 Å². The van der Waals surface area contributed by atoms with E-state index in [9.17, 15) is 0 Å². The lowest BCUT2D eigenvalue weighted by molar-refractivity contribution is -0.0273. The third-order valence-electron chi connectivity index (χ3n) is 2.36. The Morgan fingerprint density at radius 2 is 2.33 bits per heavy atom. The maximum Gasteiger partial charge on any atom is 0.0581 e. The van der Waals surface area contributed by atoms with Gasteiger partial charge in [-0.1, -0.05) is 6.08 Å². The van der Waals surface area contributed by atoms with Crippen molar-refractivity contribution in [3.05, 3.63) is 12.7 Å². The molecular weight excluding hydrogens is 150 g/mol. The molecule has 0 heterocycles. The zero-order valence-corrected chi connectivity index (χ0v) is 7.88. The van der Waals surface area contributed by atoms with Crippen LogP contribution in [-0.2, 0) is 4.74 Å². The Kier molecular flexibility index (Phi) is 4.33. The van der Waals surface area contributed by atoms with Crippen LogP contribution < -0.4 is 5.32 Å². The summed E-state index contributed by atoms with van der Waals surface area (Å²) in [4.78, 5) is 0. The molecule has 1 rings (SSSR count). The van der Waals surface area contributed by atoms with Gasteiger partial charge in [0.05, 0.1) is 12.7 Å². The van der Waals surface area contributed by atoms with E-state index in [-0.39, 0.29) is 0 Å². The lowest BCUT2D eigenvalue weighted by atomic mass is 9.82. The van der Waals surface area contributed by atoms with Gasteiger partial charge in [-0.3, -0.25) is 0 Å². The number of nitrogens with one attached hydrogen (secondary N) is 1. The van der Waals surface area contributed by atoms with Gasteiger partial charge in [-0.25, -0.2) is 0 Å². The Hall–Kier alpha value is -0.340. The van der Waals surface area contributed by atoms with Crippen LogP contribution in [0.5, 0.6) is 0 Å². The molecule has 70 valence electrons. The molecular formula is C10H19NO. The van der Waals surface area contributed by atoms with E-state index in [2.05, 4.69) is 11.9 Å². The van der Waals surface area contributed by atoms with Crippen molar-refractivity contribution in [2.75, 3.05) is 20.2 Å². The molecule has 0 aromatic carbocycles. The minimum atomic E-state index is 0.531. The molecule has 0 aromatic rings. The SMILES string of the molecule is C=CCCOC1CC(CNC)C1. The van der Waals surface area contributed by atoms with E-state index < -0.39 is 0 Å². The van der Waals surface area contributed by atoms with Crippen LogP contribution in [0.25, 0.3) is 0 Å². The molecule has 0 saturated heterocycles. The van der Waals surface area contributed by atoms with E-state index in [4.69, 9.17) is 4.74 Å². The van der Waals surface area contributed by atoms with Crippen molar-refractivity contribution >= 4 is 0 Å². The van der Waals surface area contributed by atoms with Gasteiger partial charge in [-0.15, -0.1) is 6.58 Å². The predicted octanol–water partition coefficient (Wildman–Crippen LogP) is 1.58. The van der Waals surface area contributed by atoms with E-state index in [0.29, 0.717) is 6.10 Å². The van der Waals surface area contributed by atoms with E-state index in [0.717, 1.165) is 25.5 Å². The summed E-state index contributed by atoms with van der Waals surface area (Å²) in [5.41, 5.74) is 0. The van der Waals surface area contributed by atoms with Crippen molar-refractivity contribution in [1.82, 2.24) is 5.32 Å². The topological polar surface area (TPSA) is 21.3 Å². The first-order valence-electron chi connectivity index (χ1n) is 4.74. The summed E-state index contributed by atoms with van der Waals surface area (Å²) in [5, 5.41) is 3.19. The summed E-state index contributed by atoms with van der Waals surface area (Å²) in [6, 6.07) is 0. The van der Waals surface area contributed by atoms with Crippen LogP contribution >= 0.6 is 0 Å².